The molecule has 1 fully saturated rings. The molecular weight excluding hydrogens is 502 g/mol. The summed E-state index contributed by atoms with van der Waals surface area (Å²) in [5.41, 5.74) is 5.12. The van der Waals surface area contributed by atoms with Gasteiger partial charge in [0, 0.05) is 24.1 Å². The van der Waals surface area contributed by atoms with Gasteiger partial charge in [0.1, 0.15) is 0 Å². The van der Waals surface area contributed by atoms with E-state index in [1.54, 1.807) is 0 Å². The minimum Gasteiger partial charge on any atom is -0.342 e. The van der Waals surface area contributed by atoms with Crippen molar-refractivity contribution in [3.8, 4) is 11.3 Å². The Kier molecular flexibility index (Phi) is 8.91. The lowest BCUT2D eigenvalue weighted by atomic mass is 9.68. The molecule has 1 heterocycles. The summed E-state index contributed by atoms with van der Waals surface area (Å²) in [4.78, 5) is 35.1. The molecule has 1 saturated carbocycles. The normalized spacial score (nSPS) is 15.2. The maximum Gasteiger partial charge on any atom is 0.258 e. The number of hydrogen-bond donors (Lipinski definition) is 0. The summed E-state index contributed by atoms with van der Waals surface area (Å²) in [5.74, 6) is 0.424. The first kappa shape index (κ1) is 27.7. The number of carbonyl (C=O) groups excluding carboxylic acids is 1. The Bertz CT molecular complexity index is 1340. The van der Waals surface area contributed by atoms with Gasteiger partial charge in [-0.2, -0.15) is 0 Å². The fraction of sp³-hybridized carbons (Fsp3) is 0.485. The van der Waals surface area contributed by atoms with Gasteiger partial charge in [0.15, 0.2) is 5.16 Å². The van der Waals surface area contributed by atoms with Gasteiger partial charge in [-0.3, -0.25) is 14.2 Å². The Labute approximate surface area is 237 Å². The van der Waals surface area contributed by atoms with Gasteiger partial charge in [0.05, 0.1) is 23.6 Å². The number of thioether (sulfide) groups is 1. The number of hydrogen-bond acceptors (Lipinski definition) is 4. The average molecular weight is 544 g/mol. The number of nitrogens with zero attached hydrogens (tertiary/aromatic N) is 3. The highest BCUT2D eigenvalue weighted by Crippen LogP contribution is 2.50. The van der Waals surface area contributed by atoms with E-state index in [9.17, 15) is 9.59 Å². The maximum atomic E-state index is 14.5. The molecule has 2 aliphatic carbocycles. The highest BCUT2D eigenvalue weighted by molar-refractivity contribution is 7.99. The van der Waals surface area contributed by atoms with E-state index in [1.165, 1.54) is 17.3 Å². The molecule has 5 rings (SSSR count). The summed E-state index contributed by atoms with van der Waals surface area (Å²) in [6, 6.07) is 18.6. The van der Waals surface area contributed by atoms with Crippen LogP contribution in [0.2, 0.25) is 0 Å². The van der Waals surface area contributed by atoms with E-state index >= 15 is 0 Å². The van der Waals surface area contributed by atoms with E-state index in [0.29, 0.717) is 17.5 Å². The van der Waals surface area contributed by atoms with Crippen molar-refractivity contribution in [2.45, 2.75) is 88.8 Å². The number of aromatic nitrogens is 2. The lowest BCUT2D eigenvalue weighted by Crippen LogP contribution is -2.40. The lowest BCUT2D eigenvalue weighted by molar-refractivity contribution is -0.128. The van der Waals surface area contributed by atoms with Gasteiger partial charge in [-0.05, 0) is 43.2 Å². The van der Waals surface area contributed by atoms with Crippen LogP contribution in [0.15, 0.2) is 64.5 Å². The molecule has 1 amide bonds. The monoisotopic (exact) mass is 543 g/mol. The first-order chi connectivity index (χ1) is 19.1. The highest BCUT2D eigenvalue weighted by atomic mass is 32.2. The number of fused-ring (bicyclic) bond motifs is 4. The van der Waals surface area contributed by atoms with Gasteiger partial charge < -0.3 is 4.90 Å². The smallest absolute Gasteiger partial charge is 0.258 e. The Morgan fingerprint density at radius 3 is 2.33 bits per heavy atom. The number of carbonyl (C=O) groups is 1. The van der Waals surface area contributed by atoms with E-state index in [2.05, 4.69) is 44.2 Å². The zero-order valence-electron chi connectivity index (χ0n) is 23.5. The molecule has 1 aromatic heterocycles. The molecule has 0 N–H and O–H groups in total. The maximum absolute atomic E-state index is 14.5. The highest BCUT2D eigenvalue weighted by Gasteiger charge is 2.44. The summed E-state index contributed by atoms with van der Waals surface area (Å²) in [5, 5.41) is 0.645. The molecule has 2 aliphatic rings. The van der Waals surface area contributed by atoms with Crippen molar-refractivity contribution in [2.75, 3.05) is 18.8 Å². The molecule has 0 atom stereocenters. The average Bonchev–Trinajstić information content (AvgIpc) is 3.42. The quantitative estimate of drug-likeness (QED) is 0.196. The molecule has 0 unspecified atom stereocenters. The van der Waals surface area contributed by atoms with Gasteiger partial charge in [0.25, 0.3) is 5.56 Å². The van der Waals surface area contributed by atoms with Crippen LogP contribution in [-0.2, 0) is 23.2 Å². The molecule has 0 bridgehead atoms. The molecular formula is C33H41N3O2S. The molecule has 0 radical (unpaired) electrons. The molecule has 3 aromatic rings. The third kappa shape index (κ3) is 5.86. The summed E-state index contributed by atoms with van der Waals surface area (Å²) in [7, 11) is 0. The Hall–Kier alpha value is -2.86. The second kappa shape index (κ2) is 12.5. The molecule has 6 heteroatoms. The summed E-state index contributed by atoms with van der Waals surface area (Å²) >= 11 is 1.42. The Balaban J connectivity index is 1.56. The van der Waals surface area contributed by atoms with E-state index < -0.39 is 0 Å². The van der Waals surface area contributed by atoms with Gasteiger partial charge >= 0.3 is 0 Å². The standard InChI is InChI=1S/C33H41N3O2S/c1-3-5-20-35(21-6-4-2)28(37)24-39-32-34-30-27-17-11-10-16-26(27)22-33(18-12-13-19-33)29(30)31(38)36(32)23-25-14-8-7-9-15-25/h7-11,14-17H,3-6,12-13,18-24H2,1-2H3. The van der Waals surface area contributed by atoms with Crippen molar-refractivity contribution in [1.29, 1.82) is 0 Å². The number of amides is 1. The van der Waals surface area contributed by atoms with Crippen molar-refractivity contribution >= 4 is 17.7 Å². The number of unbranched alkanes of at least 4 members (excludes halogenated alkanes) is 2. The van der Waals surface area contributed by atoms with E-state index in [1.807, 2.05) is 33.7 Å². The Morgan fingerprint density at radius 1 is 0.974 bits per heavy atom. The fourth-order valence-electron chi connectivity index (χ4n) is 6.34. The second-order valence-electron chi connectivity index (χ2n) is 11.2. The zero-order valence-corrected chi connectivity index (χ0v) is 24.3. The van der Waals surface area contributed by atoms with E-state index in [0.717, 1.165) is 93.3 Å². The van der Waals surface area contributed by atoms with E-state index in [4.69, 9.17) is 4.98 Å². The second-order valence-corrected chi connectivity index (χ2v) is 12.1. The third-order valence-corrected chi connectivity index (χ3v) is 9.41. The first-order valence-electron chi connectivity index (χ1n) is 14.7. The van der Waals surface area contributed by atoms with Gasteiger partial charge in [0.2, 0.25) is 5.91 Å². The number of benzene rings is 2. The minimum atomic E-state index is -0.137. The minimum absolute atomic E-state index is 0.0732. The van der Waals surface area contributed by atoms with Crippen molar-refractivity contribution in [1.82, 2.24) is 14.5 Å². The molecule has 2 aromatic carbocycles. The zero-order chi connectivity index (χ0) is 27.2. The topological polar surface area (TPSA) is 55.2 Å². The van der Waals surface area contributed by atoms with Crippen LogP contribution in [0.5, 0.6) is 0 Å². The summed E-state index contributed by atoms with van der Waals surface area (Å²) in [6.07, 6.45) is 9.42. The van der Waals surface area contributed by atoms with Gasteiger partial charge in [-0.1, -0.05) is 106 Å². The first-order valence-corrected chi connectivity index (χ1v) is 15.7. The van der Waals surface area contributed by atoms with Crippen molar-refractivity contribution in [3.05, 3.63) is 81.6 Å². The van der Waals surface area contributed by atoms with Crippen LogP contribution in [0.4, 0.5) is 0 Å². The van der Waals surface area contributed by atoms with Crippen LogP contribution in [0, 0.1) is 0 Å². The van der Waals surface area contributed by atoms with Crippen molar-refractivity contribution < 1.29 is 4.79 Å². The van der Waals surface area contributed by atoms with Crippen LogP contribution in [0.3, 0.4) is 0 Å². The molecule has 0 saturated heterocycles. The van der Waals surface area contributed by atoms with Crippen molar-refractivity contribution in [2.24, 2.45) is 0 Å². The fourth-order valence-corrected chi connectivity index (χ4v) is 7.23. The van der Waals surface area contributed by atoms with Crippen LogP contribution in [-0.4, -0.2) is 39.2 Å². The van der Waals surface area contributed by atoms with Crippen LogP contribution < -0.4 is 5.56 Å². The molecule has 1 spiro atoms. The summed E-state index contributed by atoms with van der Waals surface area (Å²) in [6.45, 7) is 6.36. The molecule has 39 heavy (non-hydrogen) atoms. The molecule has 5 nitrogen and oxygen atoms in total. The predicted octanol–water partition coefficient (Wildman–Crippen LogP) is 6.85. The largest absolute Gasteiger partial charge is 0.342 e. The molecule has 206 valence electrons. The van der Waals surface area contributed by atoms with Crippen LogP contribution in [0.25, 0.3) is 11.3 Å². The molecule has 0 aliphatic heterocycles. The Morgan fingerprint density at radius 2 is 1.64 bits per heavy atom. The number of rotatable bonds is 11. The lowest BCUT2D eigenvalue weighted by Gasteiger charge is -2.36. The van der Waals surface area contributed by atoms with Crippen LogP contribution in [0.1, 0.15) is 81.9 Å². The van der Waals surface area contributed by atoms with Gasteiger partial charge in [-0.15, -0.1) is 0 Å². The third-order valence-electron chi connectivity index (χ3n) is 8.45. The predicted molar refractivity (Wildman–Crippen MR) is 160 cm³/mol. The SMILES string of the molecule is CCCCN(CCCC)C(=O)CSc1nc2c(c(=O)n1Cc1ccccc1)C1(CCCC1)Cc1ccccc1-2. The van der Waals surface area contributed by atoms with E-state index in [-0.39, 0.29) is 16.9 Å². The van der Waals surface area contributed by atoms with Crippen molar-refractivity contribution in [3.63, 3.8) is 0 Å². The van der Waals surface area contributed by atoms with Crippen LogP contribution >= 0.6 is 11.8 Å². The summed E-state index contributed by atoms with van der Waals surface area (Å²) < 4.78 is 1.85. The van der Waals surface area contributed by atoms with Gasteiger partial charge in [-0.25, -0.2) is 4.98 Å².